The molecule has 0 radical (unpaired) electrons. The molecule has 112 valence electrons. The molecule has 1 aliphatic rings. The Balaban J connectivity index is 2.13. The molecule has 0 aromatic heterocycles. The number of sulfonamides is 1. The second-order valence-electron chi connectivity index (χ2n) is 5.10. The maximum atomic E-state index is 12.2. The van der Waals surface area contributed by atoms with Crippen molar-refractivity contribution in [2.45, 2.75) is 36.9 Å². The minimum Gasteiger partial charge on any atom is -0.386 e. The zero-order valence-corrected chi connectivity index (χ0v) is 13.8. The van der Waals surface area contributed by atoms with Gasteiger partial charge in [0.05, 0.1) is 11.0 Å². The average molecular weight is 364 g/mol. The third-order valence-electron chi connectivity index (χ3n) is 3.67. The fraction of sp³-hybridized carbons (Fsp3) is 0.538. The lowest BCUT2D eigenvalue weighted by Gasteiger charge is -2.26. The highest BCUT2D eigenvalue weighted by Crippen LogP contribution is 2.26. The van der Waals surface area contributed by atoms with Gasteiger partial charge in [-0.05, 0) is 37.6 Å². The molecule has 1 aliphatic heterocycles. The molecule has 0 amide bonds. The van der Waals surface area contributed by atoms with Crippen molar-refractivity contribution in [3.63, 3.8) is 0 Å². The summed E-state index contributed by atoms with van der Waals surface area (Å²) in [5.41, 5.74) is -0.304. The van der Waals surface area contributed by atoms with Gasteiger partial charge in [0.25, 0.3) is 0 Å². The van der Waals surface area contributed by atoms with Crippen molar-refractivity contribution in [2.75, 3.05) is 13.2 Å². The number of benzene rings is 1. The molecule has 2 rings (SSSR count). The summed E-state index contributed by atoms with van der Waals surface area (Å²) >= 11 is 3.33. The zero-order valence-electron chi connectivity index (χ0n) is 11.4. The van der Waals surface area contributed by atoms with Crippen LogP contribution in [0.1, 0.15) is 18.9 Å². The molecule has 1 saturated heterocycles. The number of aliphatic hydroxyl groups is 1. The Labute approximate surface area is 127 Å². The van der Waals surface area contributed by atoms with E-state index in [-0.39, 0.29) is 17.5 Å². The summed E-state index contributed by atoms with van der Waals surface area (Å²) in [6.07, 6.45) is 0.0487. The summed E-state index contributed by atoms with van der Waals surface area (Å²) in [7, 11) is -3.63. The Kier molecular flexibility index (Phi) is 4.56. The first kappa shape index (κ1) is 15.9. The molecular formula is C13H18BrNO4S. The Bertz CT molecular complexity index is 604. The van der Waals surface area contributed by atoms with Crippen LogP contribution in [0.15, 0.2) is 27.6 Å². The van der Waals surface area contributed by atoms with E-state index in [0.29, 0.717) is 13.0 Å². The number of nitrogens with one attached hydrogen (secondary N) is 1. The van der Waals surface area contributed by atoms with Crippen molar-refractivity contribution < 1.29 is 18.3 Å². The fourth-order valence-electron chi connectivity index (χ4n) is 2.09. The van der Waals surface area contributed by atoms with Gasteiger partial charge in [0.15, 0.2) is 0 Å². The molecule has 1 fully saturated rings. The van der Waals surface area contributed by atoms with Crippen molar-refractivity contribution in [3.05, 3.63) is 28.2 Å². The molecule has 1 heterocycles. The van der Waals surface area contributed by atoms with Gasteiger partial charge in [-0.25, -0.2) is 13.1 Å². The van der Waals surface area contributed by atoms with Crippen LogP contribution in [-0.4, -0.2) is 38.4 Å². The fourth-order valence-corrected chi connectivity index (χ4v) is 3.52. The van der Waals surface area contributed by atoms with Crippen molar-refractivity contribution in [1.82, 2.24) is 4.72 Å². The van der Waals surface area contributed by atoms with Crippen LogP contribution >= 0.6 is 15.9 Å². The monoisotopic (exact) mass is 363 g/mol. The smallest absolute Gasteiger partial charge is 0.240 e. The van der Waals surface area contributed by atoms with Crippen molar-refractivity contribution >= 4 is 26.0 Å². The lowest BCUT2D eigenvalue weighted by atomic mass is 9.97. The molecule has 0 bridgehead atoms. The van der Waals surface area contributed by atoms with Crippen LogP contribution in [0.3, 0.4) is 0 Å². The Morgan fingerprint density at radius 2 is 2.25 bits per heavy atom. The van der Waals surface area contributed by atoms with E-state index in [2.05, 4.69) is 20.7 Å². The molecule has 1 aromatic carbocycles. The minimum atomic E-state index is -3.63. The Morgan fingerprint density at radius 1 is 1.55 bits per heavy atom. The molecule has 5 nitrogen and oxygen atoms in total. The summed E-state index contributed by atoms with van der Waals surface area (Å²) in [6.45, 7) is 3.96. The van der Waals surface area contributed by atoms with Crippen molar-refractivity contribution in [3.8, 4) is 0 Å². The summed E-state index contributed by atoms with van der Waals surface area (Å²) in [5.74, 6) is 0. The summed E-state index contributed by atoms with van der Waals surface area (Å²) in [5, 5.41) is 10.3. The Hall–Kier alpha value is -0.470. The van der Waals surface area contributed by atoms with Gasteiger partial charge in [0.2, 0.25) is 10.0 Å². The van der Waals surface area contributed by atoms with Crippen LogP contribution in [0.5, 0.6) is 0 Å². The summed E-state index contributed by atoms with van der Waals surface area (Å²) in [4.78, 5) is 0.188. The molecule has 7 heteroatoms. The van der Waals surface area contributed by atoms with Gasteiger partial charge in [0.1, 0.15) is 5.60 Å². The van der Waals surface area contributed by atoms with Crippen LogP contribution in [0, 0.1) is 6.92 Å². The van der Waals surface area contributed by atoms with E-state index in [9.17, 15) is 13.5 Å². The van der Waals surface area contributed by atoms with Crippen LogP contribution in [0.2, 0.25) is 0 Å². The van der Waals surface area contributed by atoms with E-state index >= 15 is 0 Å². The van der Waals surface area contributed by atoms with Crippen LogP contribution < -0.4 is 4.72 Å². The number of halogens is 1. The van der Waals surface area contributed by atoms with E-state index in [1.807, 2.05) is 6.92 Å². The number of hydrogen-bond donors (Lipinski definition) is 2. The first-order valence-corrected chi connectivity index (χ1v) is 8.62. The molecular weight excluding hydrogens is 346 g/mol. The van der Waals surface area contributed by atoms with Gasteiger partial charge in [-0.3, -0.25) is 0 Å². The number of hydrogen-bond acceptors (Lipinski definition) is 4. The highest BCUT2D eigenvalue weighted by molar-refractivity contribution is 9.10. The van der Waals surface area contributed by atoms with E-state index in [1.165, 1.54) is 6.07 Å². The van der Waals surface area contributed by atoms with E-state index < -0.39 is 15.6 Å². The van der Waals surface area contributed by atoms with Crippen LogP contribution in [-0.2, 0) is 14.8 Å². The quantitative estimate of drug-likeness (QED) is 0.851. The van der Waals surface area contributed by atoms with E-state index in [1.54, 1.807) is 19.1 Å². The zero-order chi connectivity index (χ0) is 15.0. The first-order valence-electron chi connectivity index (χ1n) is 6.34. The second-order valence-corrected chi connectivity index (χ2v) is 7.72. The normalized spacial score (nSPS) is 26.9. The number of aryl methyl sites for hydroxylation is 1. The molecule has 2 atom stereocenters. The molecule has 1 aromatic rings. The topological polar surface area (TPSA) is 75.6 Å². The molecule has 0 saturated carbocycles. The lowest BCUT2D eigenvalue weighted by molar-refractivity contribution is -0.0228. The Morgan fingerprint density at radius 3 is 2.80 bits per heavy atom. The highest BCUT2D eigenvalue weighted by Gasteiger charge is 2.40. The molecule has 2 unspecified atom stereocenters. The standard InChI is InChI=1S/C13H18BrNO4S/c1-9-7-11(3-4-12(9)14)20(17,18)15-8-13(16)5-6-19-10(13)2/h3-4,7,10,15-16H,5-6,8H2,1-2H3. The highest BCUT2D eigenvalue weighted by atomic mass is 79.9. The maximum Gasteiger partial charge on any atom is 0.240 e. The minimum absolute atomic E-state index is 0.0500. The third-order valence-corrected chi connectivity index (χ3v) is 5.96. The first-order chi connectivity index (χ1) is 9.24. The second kappa shape index (κ2) is 5.73. The van der Waals surface area contributed by atoms with Gasteiger partial charge < -0.3 is 9.84 Å². The third kappa shape index (κ3) is 3.23. The number of ether oxygens (including phenoxy) is 1. The largest absolute Gasteiger partial charge is 0.386 e. The van der Waals surface area contributed by atoms with E-state index in [0.717, 1.165) is 10.0 Å². The lowest BCUT2D eigenvalue weighted by Crippen LogP contribution is -2.47. The van der Waals surface area contributed by atoms with Gasteiger partial charge in [-0.15, -0.1) is 0 Å². The predicted octanol–water partition coefficient (Wildman–Crippen LogP) is 1.58. The number of rotatable bonds is 4. The van der Waals surface area contributed by atoms with Crippen molar-refractivity contribution in [1.29, 1.82) is 0 Å². The maximum absolute atomic E-state index is 12.2. The van der Waals surface area contributed by atoms with Crippen LogP contribution in [0.25, 0.3) is 0 Å². The van der Waals surface area contributed by atoms with Gasteiger partial charge in [-0.1, -0.05) is 15.9 Å². The van der Waals surface area contributed by atoms with E-state index in [4.69, 9.17) is 4.74 Å². The molecule has 0 spiro atoms. The average Bonchev–Trinajstić information content (AvgIpc) is 2.71. The van der Waals surface area contributed by atoms with Gasteiger partial charge >= 0.3 is 0 Å². The van der Waals surface area contributed by atoms with Crippen molar-refractivity contribution in [2.24, 2.45) is 0 Å². The summed E-state index contributed by atoms with van der Waals surface area (Å²) < 4.78 is 33.0. The van der Waals surface area contributed by atoms with Crippen LogP contribution in [0.4, 0.5) is 0 Å². The SMILES string of the molecule is Cc1cc(S(=O)(=O)NCC2(O)CCOC2C)ccc1Br. The molecule has 20 heavy (non-hydrogen) atoms. The van der Waals surface area contributed by atoms with Gasteiger partial charge in [-0.2, -0.15) is 0 Å². The predicted molar refractivity (Wildman–Crippen MR) is 79.0 cm³/mol. The molecule has 0 aliphatic carbocycles. The molecule has 2 N–H and O–H groups in total. The summed E-state index contributed by atoms with van der Waals surface area (Å²) in [6, 6.07) is 4.81. The van der Waals surface area contributed by atoms with Gasteiger partial charge in [0, 0.05) is 24.0 Å².